The summed E-state index contributed by atoms with van der Waals surface area (Å²) in [5.41, 5.74) is 7.42. The molecule has 14 heteroatoms. The first-order valence-electron chi connectivity index (χ1n) is 11.5. The van der Waals surface area contributed by atoms with Gasteiger partial charge in [-0.3, -0.25) is 4.57 Å². The van der Waals surface area contributed by atoms with E-state index in [0.29, 0.717) is 22.5 Å². The smallest absolute Gasteiger partial charge is 0.233 e. The Morgan fingerprint density at radius 3 is 2.78 bits per heavy atom. The standard InChI is InChI=1S/C23H28N6O7S/c1-23(2)35-18-16(10-28-37(30,31)9-8-14-6-4-5-7-15(14)33-13-32-3)34-22(19(18)36-23)29-12-27-17-20(24)25-11-26-21(17)29/h4-9,11-12,16,18-19,22,28H,10,13H2,1-3H3,(H2,24,25,26)/t16-,18+,19?,22-/m1/s1. The van der Waals surface area contributed by atoms with E-state index in [1.807, 2.05) is 0 Å². The molecule has 2 aliphatic rings. The van der Waals surface area contributed by atoms with Gasteiger partial charge in [-0.05, 0) is 26.0 Å². The molecule has 2 fully saturated rings. The van der Waals surface area contributed by atoms with Gasteiger partial charge >= 0.3 is 0 Å². The van der Waals surface area contributed by atoms with Crippen LogP contribution in [0.4, 0.5) is 5.82 Å². The molecular weight excluding hydrogens is 504 g/mol. The van der Waals surface area contributed by atoms with Gasteiger partial charge in [-0.1, -0.05) is 18.2 Å². The van der Waals surface area contributed by atoms with E-state index in [4.69, 9.17) is 29.4 Å². The highest BCUT2D eigenvalue weighted by atomic mass is 32.2. The molecule has 1 aromatic carbocycles. The summed E-state index contributed by atoms with van der Waals surface area (Å²) in [5, 5.41) is 1.07. The largest absolute Gasteiger partial charge is 0.467 e. The molecule has 0 amide bonds. The molecule has 2 saturated heterocycles. The molecule has 37 heavy (non-hydrogen) atoms. The van der Waals surface area contributed by atoms with Crippen molar-refractivity contribution in [3.05, 3.63) is 47.9 Å². The number of nitrogens with one attached hydrogen (secondary N) is 1. The van der Waals surface area contributed by atoms with Crippen molar-refractivity contribution >= 4 is 33.1 Å². The number of fused-ring (bicyclic) bond motifs is 2. The molecule has 4 heterocycles. The van der Waals surface area contributed by atoms with Crippen LogP contribution in [0.3, 0.4) is 0 Å². The molecule has 198 valence electrons. The van der Waals surface area contributed by atoms with E-state index >= 15 is 0 Å². The zero-order valence-corrected chi connectivity index (χ0v) is 21.3. The SMILES string of the molecule is COCOc1ccccc1C=CS(=O)(=O)NC[C@H]1O[C@@H](n2cnc3c(N)ncnc32)C2OC(C)(C)O[C@H]21. The number of benzene rings is 1. The molecule has 2 aliphatic heterocycles. The molecule has 0 aliphatic carbocycles. The molecule has 5 rings (SSSR count). The third kappa shape index (κ3) is 5.30. The highest BCUT2D eigenvalue weighted by Crippen LogP contribution is 2.43. The molecule has 1 unspecified atom stereocenters. The predicted octanol–water partition coefficient (Wildman–Crippen LogP) is 1.40. The topological polar surface area (TPSA) is 162 Å². The second-order valence-corrected chi connectivity index (χ2v) is 10.6. The first-order chi connectivity index (χ1) is 17.7. The number of rotatable bonds is 9. The second kappa shape index (κ2) is 9.96. The summed E-state index contributed by atoms with van der Waals surface area (Å²) in [6, 6.07) is 7.03. The number of hydrogen-bond acceptors (Lipinski definition) is 11. The number of aromatic nitrogens is 4. The number of methoxy groups -OCH3 is 1. The maximum atomic E-state index is 12.8. The summed E-state index contributed by atoms with van der Waals surface area (Å²) in [7, 11) is -2.32. The molecule has 4 atom stereocenters. The second-order valence-electron chi connectivity index (χ2n) is 9.00. The number of nitrogen functional groups attached to an aromatic ring is 1. The summed E-state index contributed by atoms with van der Waals surface area (Å²) in [6.45, 7) is 3.58. The van der Waals surface area contributed by atoms with Crippen molar-refractivity contribution in [2.45, 2.75) is 44.2 Å². The van der Waals surface area contributed by atoms with E-state index in [2.05, 4.69) is 19.7 Å². The lowest BCUT2D eigenvalue weighted by atomic mass is 10.1. The highest BCUT2D eigenvalue weighted by molar-refractivity contribution is 7.92. The van der Waals surface area contributed by atoms with Crippen molar-refractivity contribution in [1.29, 1.82) is 0 Å². The lowest BCUT2D eigenvalue weighted by molar-refractivity contribution is -0.195. The number of para-hydroxylation sites is 1. The lowest BCUT2D eigenvalue weighted by Crippen LogP contribution is -2.39. The van der Waals surface area contributed by atoms with Crippen molar-refractivity contribution in [3.8, 4) is 5.75 Å². The van der Waals surface area contributed by atoms with Crippen molar-refractivity contribution in [2.75, 3.05) is 26.2 Å². The third-order valence-corrected chi connectivity index (χ3v) is 7.01. The Kier molecular flexibility index (Phi) is 6.87. The van der Waals surface area contributed by atoms with Crippen LogP contribution in [0.5, 0.6) is 5.75 Å². The fourth-order valence-corrected chi connectivity index (χ4v) is 5.20. The van der Waals surface area contributed by atoms with Crippen LogP contribution in [0.25, 0.3) is 17.2 Å². The van der Waals surface area contributed by atoms with Gasteiger partial charge in [-0.2, -0.15) is 0 Å². The van der Waals surface area contributed by atoms with Gasteiger partial charge in [0.25, 0.3) is 0 Å². The van der Waals surface area contributed by atoms with E-state index in [9.17, 15) is 8.42 Å². The molecular formula is C23H28N6O7S. The van der Waals surface area contributed by atoms with Gasteiger partial charge in [0, 0.05) is 24.6 Å². The monoisotopic (exact) mass is 532 g/mol. The summed E-state index contributed by atoms with van der Waals surface area (Å²) in [4.78, 5) is 12.5. The van der Waals surface area contributed by atoms with Crippen molar-refractivity contribution in [2.24, 2.45) is 0 Å². The minimum absolute atomic E-state index is 0.0435. The lowest BCUT2D eigenvalue weighted by Gasteiger charge is -2.24. The highest BCUT2D eigenvalue weighted by Gasteiger charge is 2.56. The van der Waals surface area contributed by atoms with Crippen molar-refractivity contribution in [1.82, 2.24) is 24.2 Å². The Balaban J connectivity index is 1.32. The Morgan fingerprint density at radius 1 is 1.19 bits per heavy atom. The van der Waals surface area contributed by atoms with E-state index in [0.717, 1.165) is 5.41 Å². The minimum atomic E-state index is -3.82. The number of ether oxygens (including phenoxy) is 5. The summed E-state index contributed by atoms with van der Waals surface area (Å²) in [6.07, 6.45) is 1.97. The first-order valence-corrected chi connectivity index (χ1v) is 13.0. The zero-order valence-electron chi connectivity index (χ0n) is 20.5. The summed E-state index contributed by atoms with van der Waals surface area (Å²) < 4.78 is 58.7. The van der Waals surface area contributed by atoms with Crippen molar-refractivity contribution in [3.63, 3.8) is 0 Å². The van der Waals surface area contributed by atoms with E-state index in [1.54, 1.807) is 49.0 Å². The zero-order chi connectivity index (χ0) is 26.2. The minimum Gasteiger partial charge on any atom is -0.467 e. The van der Waals surface area contributed by atoms with Gasteiger partial charge in [0.05, 0.1) is 6.33 Å². The van der Waals surface area contributed by atoms with Crippen LogP contribution in [0, 0.1) is 0 Å². The Hall–Kier alpha value is -3.14. The fourth-order valence-electron chi connectivity index (χ4n) is 4.38. The van der Waals surface area contributed by atoms with E-state index in [1.165, 1.54) is 19.5 Å². The normalized spacial score (nSPS) is 25.2. The molecule has 0 bridgehead atoms. The van der Waals surface area contributed by atoms with E-state index in [-0.39, 0.29) is 19.2 Å². The molecule has 0 radical (unpaired) electrons. The Labute approximate surface area is 213 Å². The fraction of sp³-hybridized carbons (Fsp3) is 0.435. The average Bonchev–Trinajstić information content (AvgIpc) is 3.52. The van der Waals surface area contributed by atoms with Gasteiger partial charge < -0.3 is 29.4 Å². The number of hydrogen-bond donors (Lipinski definition) is 2. The number of nitrogens with two attached hydrogens (primary N) is 1. The maximum Gasteiger partial charge on any atom is 0.233 e. The molecule has 3 aromatic rings. The first kappa shape index (κ1) is 25.5. The van der Waals surface area contributed by atoms with Crippen LogP contribution in [0.2, 0.25) is 0 Å². The molecule has 3 N–H and O–H groups in total. The number of imidazole rings is 1. The number of nitrogens with zero attached hydrogens (tertiary/aromatic N) is 4. The molecule has 0 saturated carbocycles. The third-order valence-electron chi connectivity index (χ3n) is 5.95. The van der Waals surface area contributed by atoms with Crippen LogP contribution >= 0.6 is 0 Å². The quantitative estimate of drug-likeness (QED) is 0.383. The maximum absolute atomic E-state index is 12.8. The Bertz CT molecular complexity index is 1410. The van der Waals surface area contributed by atoms with Gasteiger partial charge in [0.1, 0.15) is 35.9 Å². The van der Waals surface area contributed by atoms with Gasteiger partial charge in [-0.25, -0.2) is 28.1 Å². The van der Waals surface area contributed by atoms with Gasteiger partial charge in [-0.15, -0.1) is 0 Å². The van der Waals surface area contributed by atoms with E-state index < -0.39 is 40.4 Å². The van der Waals surface area contributed by atoms with Gasteiger partial charge in [0.15, 0.2) is 30.3 Å². The average molecular weight is 533 g/mol. The molecule has 13 nitrogen and oxygen atoms in total. The Morgan fingerprint density at radius 2 is 1.97 bits per heavy atom. The number of sulfonamides is 1. The van der Waals surface area contributed by atoms with Gasteiger partial charge in [0.2, 0.25) is 10.0 Å². The summed E-state index contributed by atoms with van der Waals surface area (Å²) >= 11 is 0. The summed E-state index contributed by atoms with van der Waals surface area (Å²) in [5.74, 6) is -0.145. The number of anilines is 1. The van der Waals surface area contributed by atoms with Crippen LogP contribution in [-0.4, -0.2) is 72.5 Å². The molecule has 2 aromatic heterocycles. The van der Waals surface area contributed by atoms with Crippen molar-refractivity contribution < 1.29 is 32.1 Å². The molecule has 0 spiro atoms. The van der Waals surface area contributed by atoms with Crippen LogP contribution in [0.15, 0.2) is 42.3 Å². The van der Waals surface area contributed by atoms with Crippen LogP contribution in [0.1, 0.15) is 25.6 Å². The predicted molar refractivity (Wildman–Crippen MR) is 132 cm³/mol. The van der Waals surface area contributed by atoms with Crippen LogP contribution in [-0.2, 0) is 29.0 Å². The van der Waals surface area contributed by atoms with Crippen LogP contribution < -0.4 is 15.2 Å².